The minimum Gasteiger partial charge on any atom is -0.431 e. The number of allylic oxidation sites excluding steroid dienone is 6. The molecule has 2 heterocycles. The van der Waals surface area contributed by atoms with E-state index in [1.54, 1.807) is 6.08 Å². The first-order valence-electron chi connectivity index (χ1n) is 16.4. The molecule has 244 valence electrons. The molecule has 10 atom stereocenters. The summed E-state index contributed by atoms with van der Waals surface area (Å²) in [4.78, 5) is 48.6. The molecule has 2 saturated heterocycles. The number of rotatable bonds is 0. The largest absolute Gasteiger partial charge is 0.431 e. The second kappa shape index (κ2) is 12.7. The van der Waals surface area contributed by atoms with E-state index >= 15 is 0 Å². The van der Waals surface area contributed by atoms with E-state index in [0.29, 0.717) is 12.2 Å². The molecule has 8 nitrogen and oxygen atoms in total. The Morgan fingerprint density at radius 3 is 1.85 bits per heavy atom. The molecule has 2 aliphatic heterocycles. The van der Waals surface area contributed by atoms with Crippen molar-refractivity contribution >= 4 is 23.5 Å². The molecule has 10 unspecified atom stereocenters. The summed E-state index contributed by atoms with van der Waals surface area (Å²) < 4.78 is 11.5. The van der Waals surface area contributed by atoms with Gasteiger partial charge in [-0.2, -0.15) is 12.8 Å². The number of hydrogen-bond donors (Lipinski definition) is 2. The molecular weight excluding hydrogens is 738 g/mol. The number of Topliss-reactive ketones (excluding diaryl/α,β-unsaturated/α-hetero) is 1. The van der Waals surface area contributed by atoms with Gasteiger partial charge in [-0.05, 0) is 18.9 Å². The van der Waals surface area contributed by atoms with Crippen LogP contribution in [0.25, 0.3) is 0 Å². The van der Waals surface area contributed by atoms with Crippen molar-refractivity contribution < 1.29 is 104 Å². The average Bonchev–Trinajstić information content (AvgIpc) is 3.58. The molecule has 10 heteroatoms. The molecule has 0 aromatic heterocycles. The van der Waals surface area contributed by atoms with Gasteiger partial charge in [0.05, 0.1) is 17.9 Å². The Bertz CT molecular complexity index is 1450. The van der Waals surface area contributed by atoms with Crippen LogP contribution >= 0.6 is 0 Å². The predicted octanol–water partition coefficient (Wildman–Crippen LogP) is 4.89. The molecule has 0 aromatic carbocycles. The summed E-state index contributed by atoms with van der Waals surface area (Å²) in [5.74, 6) is -0.264. The van der Waals surface area contributed by atoms with Gasteiger partial charge in [0.15, 0.2) is 11.6 Å². The summed E-state index contributed by atoms with van der Waals surface area (Å²) in [5.41, 5.74) is 1.49. The van der Waals surface area contributed by atoms with Gasteiger partial charge in [0, 0.05) is 101 Å². The molecule has 5 fully saturated rings. The minimum atomic E-state index is -1.41. The van der Waals surface area contributed by atoms with E-state index in [1.165, 1.54) is 11.1 Å². The molecular formula is C36H44O8Y2-2. The summed E-state index contributed by atoms with van der Waals surface area (Å²) in [7, 11) is 0. The van der Waals surface area contributed by atoms with Crippen LogP contribution in [-0.4, -0.2) is 45.9 Å². The van der Waals surface area contributed by atoms with Crippen molar-refractivity contribution in [2.75, 3.05) is 0 Å². The summed E-state index contributed by atoms with van der Waals surface area (Å²) >= 11 is 0. The van der Waals surface area contributed by atoms with E-state index in [9.17, 15) is 29.4 Å². The van der Waals surface area contributed by atoms with E-state index in [4.69, 9.17) is 9.47 Å². The Kier molecular flexibility index (Phi) is 10.2. The average molecular weight is 783 g/mol. The van der Waals surface area contributed by atoms with Crippen molar-refractivity contribution in [3.63, 3.8) is 0 Å². The maximum Gasteiger partial charge on any atom is 0.315 e. The van der Waals surface area contributed by atoms with Gasteiger partial charge in [-0.15, -0.1) is 10.8 Å². The summed E-state index contributed by atoms with van der Waals surface area (Å²) in [5, 5.41) is 20.7. The molecule has 46 heavy (non-hydrogen) atoms. The number of carbonyl (C=O) groups excluding carboxylic acids is 4. The molecule has 8 aliphatic rings. The first kappa shape index (κ1) is 36.9. The van der Waals surface area contributed by atoms with Gasteiger partial charge in [-0.25, -0.2) is 0 Å². The van der Waals surface area contributed by atoms with Crippen LogP contribution in [0.2, 0.25) is 0 Å². The number of ether oxygens (including phenoxy) is 2. The standard InChI is InChI=1S/C18H23O5.C18H21O3.2Y/c1-17-6-3-4-9(17)14-10(5-7-17)18(2)11(16(22)23-14)8-12(19)13(20)15(18)21;1-17-7-3-4-12(17)15-13(6-8-17)18(2)9-5-11(19)10-14(18)16(20)21-15;;/h6,10-11,13,15,20-21H,3-5,7-8H2,1-2H3;5,7,9,13-14H,3-4,6,8,10H2,1-2H3;;/q2*-1;;. The monoisotopic (exact) mass is 782 g/mol. The van der Waals surface area contributed by atoms with Gasteiger partial charge in [0.2, 0.25) is 0 Å². The molecule has 0 aromatic rings. The Labute approximate surface area is 322 Å². The molecule has 2 radical (unpaired) electrons. The van der Waals surface area contributed by atoms with Crippen LogP contribution in [0, 0.1) is 58.2 Å². The van der Waals surface area contributed by atoms with Crippen LogP contribution in [0.5, 0.6) is 0 Å². The van der Waals surface area contributed by atoms with Crippen LogP contribution in [0.4, 0.5) is 0 Å². The maximum atomic E-state index is 12.6. The zero-order chi connectivity index (χ0) is 31.4. The van der Waals surface area contributed by atoms with Gasteiger partial charge in [0.1, 0.15) is 17.6 Å². The zero-order valence-corrected chi connectivity index (χ0v) is 33.0. The number of aliphatic hydroxyl groups is 2. The number of carbonyl (C=O) groups is 4. The molecule has 2 N–H and O–H groups in total. The second-order valence-corrected chi connectivity index (χ2v) is 15.4. The van der Waals surface area contributed by atoms with Crippen molar-refractivity contribution in [2.24, 2.45) is 45.3 Å². The van der Waals surface area contributed by atoms with E-state index in [-0.39, 0.29) is 118 Å². The third-order valence-electron chi connectivity index (χ3n) is 13.2. The predicted molar refractivity (Wildman–Crippen MR) is 159 cm³/mol. The van der Waals surface area contributed by atoms with Crippen LogP contribution < -0.4 is 0 Å². The first-order valence-corrected chi connectivity index (χ1v) is 16.4. The van der Waals surface area contributed by atoms with Gasteiger partial charge in [0.25, 0.3) is 0 Å². The topological polar surface area (TPSA) is 127 Å². The molecule has 8 rings (SSSR count). The molecule has 0 amide bonds. The third-order valence-corrected chi connectivity index (χ3v) is 13.2. The van der Waals surface area contributed by atoms with Crippen molar-refractivity contribution in [3.8, 4) is 0 Å². The second-order valence-electron chi connectivity index (χ2n) is 15.4. The van der Waals surface area contributed by atoms with Crippen molar-refractivity contribution in [3.05, 3.63) is 47.7 Å². The fourth-order valence-electron chi connectivity index (χ4n) is 10.2. The third kappa shape index (κ3) is 5.36. The van der Waals surface area contributed by atoms with Crippen molar-refractivity contribution in [1.82, 2.24) is 0 Å². The molecule has 3 saturated carbocycles. The number of esters is 2. The van der Waals surface area contributed by atoms with E-state index in [0.717, 1.165) is 57.1 Å². The Balaban J connectivity index is 0.000000174. The van der Waals surface area contributed by atoms with Gasteiger partial charge in [-0.1, -0.05) is 70.6 Å². The van der Waals surface area contributed by atoms with Crippen LogP contribution in [0.15, 0.2) is 34.8 Å². The van der Waals surface area contributed by atoms with E-state index < -0.39 is 35.3 Å². The molecule has 0 bridgehead atoms. The van der Waals surface area contributed by atoms with Crippen molar-refractivity contribution in [2.45, 2.75) is 104 Å². The number of fused-ring (bicyclic) bond motifs is 8. The summed E-state index contributed by atoms with van der Waals surface area (Å²) in [6.07, 6.45) is 13.8. The summed E-state index contributed by atoms with van der Waals surface area (Å²) in [6.45, 7) is 8.41. The van der Waals surface area contributed by atoms with E-state index in [2.05, 4.69) is 33.6 Å². The SMILES string of the molecule is CC12[CH-]CCC1=C1OC(=O)C3CC(=O)C(O)C(O)C3(C)C1CC2.CC12[CH-]CCC1=C1OC(=O)C3CC(=O)C=CC3(C)C1CC2.[Y].[Y]. The van der Waals surface area contributed by atoms with Gasteiger partial charge >= 0.3 is 11.9 Å². The van der Waals surface area contributed by atoms with Crippen molar-refractivity contribution in [1.29, 1.82) is 0 Å². The van der Waals surface area contributed by atoms with Gasteiger partial charge < -0.3 is 32.5 Å². The van der Waals surface area contributed by atoms with E-state index in [1.807, 2.05) is 13.0 Å². The fraction of sp³-hybridized carbons (Fsp3) is 0.667. The quantitative estimate of drug-likeness (QED) is 0.263. The maximum absolute atomic E-state index is 12.6. The number of hydrogen-bond acceptors (Lipinski definition) is 8. The first-order chi connectivity index (χ1) is 20.7. The smallest absolute Gasteiger partial charge is 0.315 e. The number of aliphatic hydroxyl groups excluding tert-OH is 2. The number of ketones is 2. The Hall–Kier alpha value is -0.372. The van der Waals surface area contributed by atoms with Crippen LogP contribution in [-0.2, 0) is 94.1 Å². The Morgan fingerprint density at radius 1 is 0.739 bits per heavy atom. The normalized spacial score (nSPS) is 45.3. The summed E-state index contributed by atoms with van der Waals surface area (Å²) in [6, 6.07) is 0. The minimum absolute atomic E-state index is 0. The van der Waals surface area contributed by atoms with Crippen LogP contribution in [0.3, 0.4) is 0 Å². The Morgan fingerprint density at radius 2 is 1.26 bits per heavy atom. The molecule has 6 aliphatic carbocycles. The zero-order valence-electron chi connectivity index (χ0n) is 27.3. The molecule has 0 spiro atoms. The fourth-order valence-corrected chi connectivity index (χ4v) is 10.2. The van der Waals surface area contributed by atoms with Gasteiger partial charge in [-0.3, -0.25) is 19.2 Å². The van der Waals surface area contributed by atoms with Crippen LogP contribution in [0.1, 0.15) is 91.9 Å².